The number of aliphatic imine (C=N–C) groups is 1. The number of morpholine rings is 1. The highest BCUT2D eigenvalue weighted by molar-refractivity contribution is 5.79. The van der Waals surface area contributed by atoms with Gasteiger partial charge in [-0.25, -0.2) is 0 Å². The Bertz CT molecular complexity index is 394. The number of nitrogens with one attached hydrogen (secondary N) is 2. The molecule has 2 atom stereocenters. The molecule has 3 N–H and O–H groups in total. The highest BCUT2D eigenvalue weighted by Crippen LogP contribution is 2.32. The summed E-state index contributed by atoms with van der Waals surface area (Å²) in [7, 11) is 0. The molecule has 0 bridgehead atoms. The van der Waals surface area contributed by atoms with Crippen molar-refractivity contribution in [1.29, 1.82) is 0 Å². The van der Waals surface area contributed by atoms with Crippen molar-refractivity contribution in [3.05, 3.63) is 0 Å². The van der Waals surface area contributed by atoms with E-state index in [4.69, 9.17) is 14.5 Å². The second-order valence-electron chi connectivity index (χ2n) is 7.37. The number of guanidine groups is 1. The molecule has 0 radical (unpaired) electrons. The predicted molar refractivity (Wildman–Crippen MR) is 100.0 cm³/mol. The highest BCUT2D eigenvalue weighted by Gasteiger charge is 2.34. The summed E-state index contributed by atoms with van der Waals surface area (Å²) < 4.78 is 11.0. The molecule has 0 aromatic carbocycles. The van der Waals surface area contributed by atoms with E-state index in [0.29, 0.717) is 19.1 Å². The van der Waals surface area contributed by atoms with E-state index < -0.39 is 0 Å². The van der Waals surface area contributed by atoms with Crippen LogP contribution in [0.5, 0.6) is 0 Å². The van der Waals surface area contributed by atoms with Gasteiger partial charge < -0.3 is 25.2 Å². The standard InChI is InChI=1S/C18H36N4O3/c1-3-19-17(21-14-18(4-8-23)5-9-25-15-18)20-12-16(2)13-22-6-10-24-11-7-22/h16,23H,3-15H2,1-2H3,(H2,19,20,21). The molecule has 2 aliphatic rings. The molecule has 2 aliphatic heterocycles. The minimum absolute atomic E-state index is 0.00345. The van der Waals surface area contributed by atoms with Gasteiger partial charge >= 0.3 is 0 Å². The van der Waals surface area contributed by atoms with Gasteiger partial charge in [0.1, 0.15) is 0 Å². The summed E-state index contributed by atoms with van der Waals surface area (Å²) in [6.45, 7) is 13.3. The number of aliphatic hydroxyl groups excluding tert-OH is 1. The van der Waals surface area contributed by atoms with Crippen molar-refractivity contribution in [1.82, 2.24) is 15.5 Å². The summed E-state index contributed by atoms with van der Waals surface area (Å²) in [5.41, 5.74) is -0.00345. The lowest BCUT2D eigenvalue weighted by molar-refractivity contribution is 0.0320. The highest BCUT2D eigenvalue weighted by atomic mass is 16.5. The Kier molecular flexibility index (Phi) is 8.95. The van der Waals surface area contributed by atoms with Crippen molar-refractivity contribution in [2.45, 2.75) is 26.7 Å². The molecule has 2 rings (SSSR count). The van der Waals surface area contributed by atoms with E-state index in [9.17, 15) is 5.11 Å². The first-order valence-electron chi connectivity index (χ1n) is 9.68. The number of rotatable bonds is 9. The largest absolute Gasteiger partial charge is 0.396 e. The van der Waals surface area contributed by atoms with Crippen LogP contribution in [0.15, 0.2) is 4.99 Å². The lowest BCUT2D eigenvalue weighted by atomic mass is 9.84. The summed E-state index contributed by atoms with van der Waals surface area (Å²) in [6.07, 6.45) is 1.73. The van der Waals surface area contributed by atoms with E-state index in [1.54, 1.807) is 0 Å². The minimum atomic E-state index is -0.00345. The molecule has 0 aromatic heterocycles. The van der Waals surface area contributed by atoms with Gasteiger partial charge in [-0.1, -0.05) is 6.92 Å². The second kappa shape index (κ2) is 11.0. The molecule has 2 heterocycles. The van der Waals surface area contributed by atoms with Crippen LogP contribution in [0.4, 0.5) is 0 Å². The third kappa shape index (κ3) is 7.09. The summed E-state index contributed by atoms with van der Waals surface area (Å²) >= 11 is 0. The Balaban J connectivity index is 1.80. The van der Waals surface area contributed by atoms with E-state index in [2.05, 4.69) is 29.4 Å². The van der Waals surface area contributed by atoms with Crippen LogP contribution < -0.4 is 10.6 Å². The average Bonchev–Trinajstić information content (AvgIpc) is 3.07. The van der Waals surface area contributed by atoms with E-state index in [0.717, 1.165) is 71.3 Å². The van der Waals surface area contributed by atoms with Crippen molar-refractivity contribution in [3.63, 3.8) is 0 Å². The van der Waals surface area contributed by atoms with Gasteiger partial charge in [-0.2, -0.15) is 0 Å². The molecule has 7 heteroatoms. The Hall–Kier alpha value is -0.890. The molecule has 2 unspecified atom stereocenters. The topological polar surface area (TPSA) is 78.4 Å². The van der Waals surface area contributed by atoms with E-state index in [-0.39, 0.29) is 12.0 Å². The second-order valence-corrected chi connectivity index (χ2v) is 7.37. The van der Waals surface area contributed by atoms with Crippen LogP contribution in [-0.2, 0) is 9.47 Å². The minimum Gasteiger partial charge on any atom is -0.396 e. The summed E-state index contributed by atoms with van der Waals surface area (Å²) in [4.78, 5) is 7.24. The first-order chi connectivity index (χ1) is 12.2. The lowest BCUT2D eigenvalue weighted by Crippen LogP contribution is -2.44. The van der Waals surface area contributed by atoms with E-state index in [1.165, 1.54) is 0 Å². The summed E-state index contributed by atoms with van der Waals surface area (Å²) in [6, 6.07) is 0. The van der Waals surface area contributed by atoms with Gasteiger partial charge in [-0.05, 0) is 25.7 Å². The molecule has 0 saturated carbocycles. The number of aliphatic hydroxyl groups is 1. The molecule has 146 valence electrons. The SMILES string of the molecule is CCNC(=NCC1(CCO)CCOC1)NCC(C)CN1CCOCC1. The van der Waals surface area contributed by atoms with Gasteiger partial charge in [0.25, 0.3) is 0 Å². The Labute approximate surface area is 152 Å². The number of nitrogens with zero attached hydrogens (tertiary/aromatic N) is 2. The van der Waals surface area contributed by atoms with Gasteiger partial charge in [0, 0.05) is 51.4 Å². The molecule has 25 heavy (non-hydrogen) atoms. The maximum absolute atomic E-state index is 9.34. The first kappa shape index (κ1) is 20.4. The fourth-order valence-electron chi connectivity index (χ4n) is 3.44. The summed E-state index contributed by atoms with van der Waals surface area (Å²) in [5.74, 6) is 1.41. The van der Waals surface area contributed by atoms with Crippen LogP contribution in [0.25, 0.3) is 0 Å². The zero-order chi connectivity index (χ0) is 18.0. The van der Waals surface area contributed by atoms with Gasteiger partial charge in [-0.3, -0.25) is 9.89 Å². The normalized spacial score (nSPS) is 26.6. The molecule has 0 aromatic rings. The van der Waals surface area contributed by atoms with Gasteiger partial charge in [-0.15, -0.1) is 0 Å². The third-order valence-electron chi connectivity index (χ3n) is 5.04. The zero-order valence-electron chi connectivity index (χ0n) is 15.9. The van der Waals surface area contributed by atoms with Crippen LogP contribution in [0.2, 0.25) is 0 Å². The third-order valence-corrected chi connectivity index (χ3v) is 5.04. The van der Waals surface area contributed by atoms with E-state index in [1.807, 2.05) is 0 Å². The number of hydrogen-bond acceptors (Lipinski definition) is 5. The molecular formula is C18H36N4O3. The molecule has 0 spiro atoms. The van der Waals surface area contributed by atoms with Crippen molar-refractivity contribution >= 4 is 5.96 Å². The van der Waals surface area contributed by atoms with Crippen molar-refractivity contribution < 1.29 is 14.6 Å². The fourth-order valence-corrected chi connectivity index (χ4v) is 3.44. The van der Waals surface area contributed by atoms with Crippen LogP contribution in [-0.4, -0.2) is 88.3 Å². The maximum Gasteiger partial charge on any atom is 0.191 e. The number of hydrogen-bond donors (Lipinski definition) is 3. The molecule has 0 amide bonds. The first-order valence-corrected chi connectivity index (χ1v) is 9.68. The maximum atomic E-state index is 9.34. The fraction of sp³-hybridized carbons (Fsp3) is 0.944. The van der Waals surface area contributed by atoms with Gasteiger partial charge in [0.15, 0.2) is 5.96 Å². The van der Waals surface area contributed by atoms with Crippen molar-refractivity contribution in [3.8, 4) is 0 Å². The van der Waals surface area contributed by atoms with Crippen molar-refractivity contribution in [2.75, 3.05) is 72.3 Å². The van der Waals surface area contributed by atoms with E-state index >= 15 is 0 Å². The quantitative estimate of drug-likeness (QED) is 0.407. The van der Waals surface area contributed by atoms with Gasteiger partial charge in [0.2, 0.25) is 0 Å². The monoisotopic (exact) mass is 356 g/mol. The molecule has 0 aliphatic carbocycles. The lowest BCUT2D eigenvalue weighted by Gasteiger charge is -2.29. The Morgan fingerprint density at radius 1 is 1.24 bits per heavy atom. The van der Waals surface area contributed by atoms with Crippen LogP contribution in [0, 0.1) is 11.3 Å². The smallest absolute Gasteiger partial charge is 0.191 e. The molecule has 7 nitrogen and oxygen atoms in total. The van der Waals surface area contributed by atoms with Gasteiger partial charge in [0.05, 0.1) is 26.4 Å². The van der Waals surface area contributed by atoms with Crippen molar-refractivity contribution in [2.24, 2.45) is 16.3 Å². The predicted octanol–water partition coefficient (Wildman–Crippen LogP) is 0.299. The Morgan fingerprint density at radius 3 is 2.68 bits per heavy atom. The molecular weight excluding hydrogens is 320 g/mol. The number of ether oxygens (including phenoxy) is 2. The average molecular weight is 357 g/mol. The zero-order valence-corrected chi connectivity index (χ0v) is 15.9. The summed E-state index contributed by atoms with van der Waals surface area (Å²) in [5, 5.41) is 16.1. The van der Waals surface area contributed by atoms with Crippen LogP contribution in [0.3, 0.4) is 0 Å². The van der Waals surface area contributed by atoms with Crippen LogP contribution >= 0.6 is 0 Å². The molecule has 2 fully saturated rings. The van der Waals surface area contributed by atoms with Crippen LogP contribution in [0.1, 0.15) is 26.7 Å². The Morgan fingerprint density at radius 2 is 2.04 bits per heavy atom. The molecule has 2 saturated heterocycles.